The Bertz CT molecular complexity index is 1120. The fourth-order valence-corrected chi connectivity index (χ4v) is 3.84. The maximum atomic E-state index is 12.9. The standard InChI is InChI=1S/C21H14Cl2F3N3/c22-15-5-6-16(19(23)9-15)20(29-8-7-27-12-29)18-11-28-10-17(18)13-1-3-14(4-2-13)21(24,25)26/h1-12,20,28H/t20-/m1/s1. The smallest absolute Gasteiger partial charge is 0.367 e. The van der Waals surface area contributed by atoms with Gasteiger partial charge in [0.05, 0.1) is 17.9 Å². The second kappa shape index (κ2) is 7.61. The van der Waals surface area contributed by atoms with Gasteiger partial charge in [0.1, 0.15) is 0 Å². The predicted molar refractivity (Wildman–Crippen MR) is 107 cm³/mol. The minimum Gasteiger partial charge on any atom is -0.367 e. The second-order valence-electron chi connectivity index (χ2n) is 6.48. The third kappa shape index (κ3) is 3.91. The molecule has 3 nitrogen and oxygen atoms in total. The number of halogens is 5. The van der Waals surface area contributed by atoms with Crippen molar-refractivity contribution >= 4 is 23.2 Å². The first kappa shape index (κ1) is 19.6. The van der Waals surface area contributed by atoms with Crippen LogP contribution < -0.4 is 0 Å². The van der Waals surface area contributed by atoms with Crippen LogP contribution in [0.4, 0.5) is 13.2 Å². The molecule has 0 amide bonds. The fraction of sp³-hybridized carbons (Fsp3) is 0.0952. The first-order valence-corrected chi connectivity index (χ1v) is 9.37. The van der Waals surface area contributed by atoms with Gasteiger partial charge in [0.25, 0.3) is 0 Å². The lowest BCUT2D eigenvalue weighted by Gasteiger charge is -2.21. The van der Waals surface area contributed by atoms with E-state index in [4.69, 9.17) is 23.2 Å². The Kier molecular flexibility index (Phi) is 5.15. The van der Waals surface area contributed by atoms with Gasteiger partial charge in [0.15, 0.2) is 0 Å². The number of H-pyrrole nitrogens is 1. The van der Waals surface area contributed by atoms with Crippen LogP contribution in [0.3, 0.4) is 0 Å². The molecule has 4 aromatic rings. The Morgan fingerprint density at radius 3 is 2.34 bits per heavy atom. The summed E-state index contributed by atoms with van der Waals surface area (Å²) in [5.74, 6) is 0. The summed E-state index contributed by atoms with van der Waals surface area (Å²) in [6.07, 6.45) is 4.31. The third-order valence-electron chi connectivity index (χ3n) is 4.68. The molecule has 0 saturated heterocycles. The van der Waals surface area contributed by atoms with Crippen molar-refractivity contribution in [2.24, 2.45) is 0 Å². The lowest BCUT2D eigenvalue weighted by molar-refractivity contribution is -0.137. The Morgan fingerprint density at radius 2 is 1.72 bits per heavy atom. The first-order valence-electron chi connectivity index (χ1n) is 8.61. The summed E-state index contributed by atoms with van der Waals surface area (Å²) in [4.78, 5) is 7.18. The zero-order chi connectivity index (χ0) is 20.6. The van der Waals surface area contributed by atoms with Crippen molar-refractivity contribution in [1.82, 2.24) is 14.5 Å². The molecular formula is C21H14Cl2F3N3. The number of benzene rings is 2. The van der Waals surface area contributed by atoms with Gasteiger partial charge in [-0.1, -0.05) is 41.4 Å². The quantitative estimate of drug-likeness (QED) is 0.373. The van der Waals surface area contributed by atoms with E-state index in [1.54, 1.807) is 37.1 Å². The normalized spacial score (nSPS) is 12.9. The van der Waals surface area contributed by atoms with Gasteiger partial charge in [-0.05, 0) is 35.4 Å². The molecule has 0 radical (unpaired) electrons. The number of alkyl halides is 3. The molecule has 2 aromatic carbocycles. The number of aromatic amines is 1. The van der Waals surface area contributed by atoms with Gasteiger partial charge in [-0.25, -0.2) is 4.98 Å². The molecule has 0 saturated carbocycles. The van der Waals surface area contributed by atoms with Crippen LogP contribution in [0.15, 0.2) is 73.6 Å². The molecule has 0 fully saturated rings. The Balaban J connectivity index is 1.83. The second-order valence-corrected chi connectivity index (χ2v) is 7.32. The molecule has 2 aromatic heterocycles. The monoisotopic (exact) mass is 435 g/mol. The molecule has 1 atom stereocenters. The van der Waals surface area contributed by atoms with Crippen LogP contribution in [0.2, 0.25) is 10.0 Å². The van der Waals surface area contributed by atoms with Crippen LogP contribution in [0, 0.1) is 0 Å². The van der Waals surface area contributed by atoms with Crippen LogP contribution >= 0.6 is 23.2 Å². The third-order valence-corrected chi connectivity index (χ3v) is 5.24. The van der Waals surface area contributed by atoms with Crippen LogP contribution in [-0.4, -0.2) is 14.5 Å². The molecule has 1 N–H and O–H groups in total. The Labute approximate surface area is 174 Å². The van der Waals surface area contributed by atoms with E-state index in [-0.39, 0.29) is 6.04 Å². The first-order chi connectivity index (χ1) is 13.8. The number of hydrogen-bond acceptors (Lipinski definition) is 1. The molecule has 148 valence electrons. The number of rotatable bonds is 4. The van der Waals surface area contributed by atoms with Crippen molar-refractivity contribution in [2.45, 2.75) is 12.2 Å². The topological polar surface area (TPSA) is 33.6 Å². The van der Waals surface area contributed by atoms with E-state index < -0.39 is 11.7 Å². The highest BCUT2D eigenvalue weighted by Crippen LogP contribution is 2.39. The van der Waals surface area contributed by atoms with E-state index in [9.17, 15) is 13.2 Å². The van der Waals surface area contributed by atoms with Crippen LogP contribution in [0.25, 0.3) is 11.1 Å². The van der Waals surface area contributed by atoms with Gasteiger partial charge in [-0.2, -0.15) is 13.2 Å². The maximum absolute atomic E-state index is 12.9. The van der Waals surface area contributed by atoms with Gasteiger partial charge < -0.3 is 9.55 Å². The van der Waals surface area contributed by atoms with Crippen molar-refractivity contribution in [2.75, 3.05) is 0 Å². The molecule has 0 aliphatic heterocycles. The molecule has 0 aliphatic rings. The van der Waals surface area contributed by atoms with Gasteiger partial charge >= 0.3 is 6.18 Å². The molecule has 0 aliphatic carbocycles. The van der Waals surface area contributed by atoms with E-state index in [0.717, 1.165) is 28.8 Å². The largest absolute Gasteiger partial charge is 0.416 e. The lowest BCUT2D eigenvalue weighted by Crippen LogP contribution is -2.11. The van der Waals surface area contributed by atoms with Crippen LogP contribution in [-0.2, 0) is 6.18 Å². The molecule has 0 bridgehead atoms. The number of nitrogens with one attached hydrogen (secondary N) is 1. The fourth-order valence-electron chi connectivity index (χ4n) is 3.33. The van der Waals surface area contributed by atoms with E-state index in [0.29, 0.717) is 15.6 Å². The molecule has 0 spiro atoms. The molecular weight excluding hydrogens is 422 g/mol. The van der Waals surface area contributed by atoms with Crippen molar-refractivity contribution in [3.05, 3.63) is 100 Å². The van der Waals surface area contributed by atoms with Crippen molar-refractivity contribution < 1.29 is 13.2 Å². The van der Waals surface area contributed by atoms with E-state index >= 15 is 0 Å². The van der Waals surface area contributed by atoms with Gasteiger partial charge in [0.2, 0.25) is 0 Å². The van der Waals surface area contributed by atoms with Crippen LogP contribution in [0.5, 0.6) is 0 Å². The summed E-state index contributed by atoms with van der Waals surface area (Å²) >= 11 is 12.5. The molecule has 8 heteroatoms. The number of imidazole rings is 1. The Hall–Kier alpha value is -2.70. The summed E-state index contributed by atoms with van der Waals surface area (Å²) in [6, 6.07) is 9.98. The van der Waals surface area contributed by atoms with Crippen molar-refractivity contribution in [3.8, 4) is 11.1 Å². The SMILES string of the molecule is FC(F)(F)c1ccc(-c2c[nH]cc2[C@@H](c2ccc(Cl)cc2Cl)n2ccnc2)cc1. The number of hydrogen-bond donors (Lipinski definition) is 1. The molecule has 29 heavy (non-hydrogen) atoms. The average Bonchev–Trinajstić information content (AvgIpc) is 3.36. The maximum Gasteiger partial charge on any atom is 0.416 e. The van der Waals surface area contributed by atoms with Crippen molar-refractivity contribution in [3.63, 3.8) is 0 Å². The minimum atomic E-state index is -4.38. The molecule has 0 unspecified atom stereocenters. The minimum absolute atomic E-state index is 0.342. The average molecular weight is 436 g/mol. The van der Waals surface area contributed by atoms with E-state index in [2.05, 4.69) is 9.97 Å². The Morgan fingerprint density at radius 1 is 0.966 bits per heavy atom. The highest BCUT2D eigenvalue weighted by Gasteiger charge is 2.30. The van der Waals surface area contributed by atoms with Gasteiger partial charge in [0, 0.05) is 46.0 Å². The molecule has 4 rings (SSSR count). The van der Waals surface area contributed by atoms with Crippen molar-refractivity contribution in [1.29, 1.82) is 0 Å². The zero-order valence-corrected chi connectivity index (χ0v) is 16.3. The highest BCUT2D eigenvalue weighted by molar-refractivity contribution is 6.35. The van der Waals surface area contributed by atoms with Gasteiger partial charge in [-0.3, -0.25) is 0 Å². The lowest BCUT2D eigenvalue weighted by atomic mass is 9.94. The highest BCUT2D eigenvalue weighted by atomic mass is 35.5. The molecule has 2 heterocycles. The summed E-state index contributed by atoms with van der Waals surface area (Å²) in [6.45, 7) is 0. The van der Waals surface area contributed by atoms with Crippen LogP contribution in [0.1, 0.15) is 22.7 Å². The van der Waals surface area contributed by atoms with Gasteiger partial charge in [-0.15, -0.1) is 0 Å². The summed E-state index contributed by atoms with van der Waals surface area (Å²) < 4.78 is 40.6. The van der Waals surface area contributed by atoms with E-state index in [1.807, 2.05) is 16.8 Å². The zero-order valence-electron chi connectivity index (χ0n) is 14.8. The summed E-state index contributed by atoms with van der Waals surface area (Å²) in [5, 5.41) is 0.996. The number of nitrogens with zero attached hydrogens (tertiary/aromatic N) is 2. The summed E-state index contributed by atoms with van der Waals surface area (Å²) in [5.41, 5.74) is 2.37. The summed E-state index contributed by atoms with van der Waals surface area (Å²) in [7, 11) is 0. The number of aromatic nitrogens is 3. The van der Waals surface area contributed by atoms with E-state index in [1.165, 1.54) is 12.1 Å². The predicted octanol–water partition coefficient (Wildman–Crippen LogP) is 6.84.